The van der Waals surface area contributed by atoms with Crippen molar-refractivity contribution in [1.29, 1.82) is 0 Å². The molecule has 3 N–H and O–H groups in total. The molecule has 31 heavy (non-hydrogen) atoms. The highest BCUT2D eigenvalue weighted by atomic mass is 16.5. The number of hydrogen-bond acceptors (Lipinski definition) is 4. The Morgan fingerprint density at radius 3 is 2.29 bits per heavy atom. The summed E-state index contributed by atoms with van der Waals surface area (Å²) in [5, 5.41) is 8.49. The Hall–Kier alpha value is -4.13. The zero-order valence-electron chi connectivity index (χ0n) is 16.7. The third kappa shape index (κ3) is 5.70. The van der Waals surface area contributed by atoms with Gasteiger partial charge in [-0.05, 0) is 42.0 Å². The summed E-state index contributed by atoms with van der Waals surface area (Å²) < 4.78 is 5.75. The van der Waals surface area contributed by atoms with Crippen molar-refractivity contribution < 1.29 is 14.3 Å². The summed E-state index contributed by atoms with van der Waals surface area (Å²) in [7, 11) is 0. The van der Waals surface area contributed by atoms with Gasteiger partial charge < -0.3 is 15.4 Å². The van der Waals surface area contributed by atoms with Gasteiger partial charge in [0.2, 0.25) is 11.8 Å². The van der Waals surface area contributed by atoms with E-state index in [0.29, 0.717) is 23.9 Å². The molecule has 0 aromatic heterocycles. The molecule has 156 valence electrons. The molecule has 3 aromatic carbocycles. The van der Waals surface area contributed by atoms with E-state index >= 15 is 0 Å². The molecule has 1 aliphatic heterocycles. The Labute approximate surface area is 180 Å². The Balaban J connectivity index is 1.35. The molecule has 1 heterocycles. The van der Waals surface area contributed by atoms with Crippen LogP contribution in [0.1, 0.15) is 12.0 Å². The highest BCUT2D eigenvalue weighted by Crippen LogP contribution is 2.22. The maximum absolute atomic E-state index is 12.7. The fourth-order valence-electron chi connectivity index (χ4n) is 3.08. The van der Waals surface area contributed by atoms with Crippen LogP contribution < -0.4 is 20.7 Å². The largest absolute Gasteiger partial charge is 0.457 e. The number of hydrogen-bond donors (Lipinski definition) is 3. The highest BCUT2D eigenvalue weighted by Gasteiger charge is 2.28. The topological polar surface area (TPSA) is 91.8 Å². The number of aliphatic imine (C=N–C) groups is 1. The molecule has 1 atom stereocenters. The zero-order chi connectivity index (χ0) is 21.5. The third-order valence-electron chi connectivity index (χ3n) is 4.64. The molecule has 0 radical (unpaired) electrons. The summed E-state index contributed by atoms with van der Waals surface area (Å²) in [5.74, 6) is 1.14. The highest BCUT2D eigenvalue weighted by molar-refractivity contribution is 6.07. The van der Waals surface area contributed by atoms with Crippen LogP contribution >= 0.6 is 0 Å². The van der Waals surface area contributed by atoms with Crippen molar-refractivity contribution in [3.63, 3.8) is 0 Å². The van der Waals surface area contributed by atoms with E-state index in [2.05, 4.69) is 20.9 Å². The first-order chi connectivity index (χ1) is 15.2. The number of para-hydroxylation sites is 1. The molecule has 1 saturated heterocycles. The van der Waals surface area contributed by atoms with Crippen LogP contribution in [0, 0.1) is 0 Å². The minimum Gasteiger partial charge on any atom is -0.457 e. The Morgan fingerprint density at radius 2 is 1.58 bits per heavy atom. The van der Waals surface area contributed by atoms with Crippen LogP contribution in [0.2, 0.25) is 0 Å². The minimum absolute atomic E-state index is 0.0331. The molecule has 2 amide bonds. The number of carbonyl (C=O) groups excluding carboxylic acids is 2. The quantitative estimate of drug-likeness (QED) is 0.576. The van der Waals surface area contributed by atoms with E-state index in [1.54, 1.807) is 24.3 Å². The Kier molecular flexibility index (Phi) is 6.23. The van der Waals surface area contributed by atoms with Gasteiger partial charge in [0.1, 0.15) is 17.5 Å². The van der Waals surface area contributed by atoms with E-state index in [0.717, 1.165) is 11.3 Å². The van der Waals surface area contributed by atoms with Crippen molar-refractivity contribution in [3.05, 3.63) is 90.5 Å². The number of carbonyl (C=O) groups is 2. The number of ether oxygens (including phenoxy) is 1. The van der Waals surface area contributed by atoms with Gasteiger partial charge in [0.15, 0.2) is 5.96 Å². The molecule has 0 spiro atoms. The molecule has 1 aliphatic rings. The zero-order valence-corrected chi connectivity index (χ0v) is 16.7. The fourth-order valence-corrected chi connectivity index (χ4v) is 3.08. The lowest BCUT2D eigenvalue weighted by molar-refractivity contribution is -0.125. The number of guanidine groups is 1. The second-order valence-corrected chi connectivity index (χ2v) is 7.03. The van der Waals surface area contributed by atoms with Gasteiger partial charge in [-0.1, -0.05) is 48.5 Å². The summed E-state index contributed by atoms with van der Waals surface area (Å²) >= 11 is 0. The van der Waals surface area contributed by atoms with Crippen LogP contribution in [-0.2, 0) is 16.1 Å². The van der Waals surface area contributed by atoms with Crippen molar-refractivity contribution in [3.8, 4) is 11.5 Å². The monoisotopic (exact) mass is 414 g/mol. The summed E-state index contributed by atoms with van der Waals surface area (Å²) in [6, 6.07) is 25.5. The number of amides is 2. The summed E-state index contributed by atoms with van der Waals surface area (Å²) in [6.45, 7) is 0.403. The SMILES string of the molecule is O=C1C[C@H](C(=O)Nc2ccc(Oc3ccccc3)cc2)NC(=NCc2ccccc2)N1. The van der Waals surface area contributed by atoms with Gasteiger partial charge in [-0.15, -0.1) is 0 Å². The minimum atomic E-state index is -0.705. The number of benzene rings is 3. The predicted octanol–water partition coefficient (Wildman–Crippen LogP) is 3.45. The number of nitrogens with zero attached hydrogens (tertiary/aromatic N) is 1. The average Bonchev–Trinajstić information content (AvgIpc) is 2.80. The van der Waals surface area contributed by atoms with E-state index in [1.807, 2.05) is 60.7 Å². The molecule has 3 aromatic rings. The first-order valence-corrected chi connectivity index (χ1v) is 9.94. The molecule has 0 saturated carbocycles. The third-order valence-corrected chi connectivity index (χ3v) is 4.64. The smallest absolute Gasteiger partial charge is 0.247 e. The summed E-state index contributed by atoms with van der Waals surface area (Å²) in [6.07, 6.45) is 0.0331. The van der Waals surface area contributed by atoms with E-state index in [9.17, 15) is 9.59 Å². The van der Waals surface area contributed by atoms with Crippen LogP contribution in [0.5, 0.6) is 11.5 Å². The lowest BCUT2D eigenvalue weighted by Gasteiger charge is -2.25. The van der Waals surface area contributed by atoms with Crippen molar-refractivity contribution in [2.24, 2.45) is 4.99 Å². The van der Waals surface area contributed by atoms with Gasteiger partial charge in [0.05, 0.1) is 13.0 Å². The second-order valence-electron chi connectivity index (χ2n) is 7.03. The van der Waals surface area contributed by atoms with Crippen LogP contribution in [0.3, 0.4) is 0 Å². The molecule has 1 fully saturated rings. The fraction of sp³-hybridized carbons (Fsp3) is 0.125. The predicted molar refractivity (Wildman–Crippen MR) is 119 cm³/mol. The van der Waals surface area contributed by atoms with Crippen molar-refractivity contribution >= 4 is 23.5 Å². The maximum Gasteiger partial charge on any atom is 0.247 e. The molecule has 0 bridgehead atoms. The van der Waals surface area contributed by atoms with E-state index in [-0.39, 0.29) is 18.2 Å². The summed E-state index contributed by atoms with van der Waals surface area (Å²) in [5.41, 5.74) is 1.62. The maximum atomic E-state index is 12.7. The molecule has 7 heteroatoms. The molecule has 7 nitrogen and oxygen atoms in total. The van der Waals surface area contributed by atoms with Gasteiger partial charge in [0, 0.05) is 5.69 Å². The van der Waals surface area contributed by atoms with Crippen LogP contribution in [0.25, 0.3) is 0 Å². The van der Waals surface area contributed by atoms with Crippen LogP contribution in [0.15, 0.2) is 89.9 Å². The van der Waals surface area contributed by atoms with Crippen LogP contribution in [-0.4, -0.2) is 23.8 Å². The van der Waals surface area contributed by atoms with Crippen molar-refractivity contribution in [2.45, 2.75) is 19.0 Å². The molecular formula is C24H22N4O3. The molecule has 0 unspecified atom stereocenters. The van der Waals surface area contributed by atoms with Gasteiger partial charge in [-0.25, -0.2) is 4.99 Å². The molecular weight excluding hydrogens is 392 g/mol. The van der Waals surface area contributed by atoms with E-state index < -0.39 is 6.04 Å². The van der Waals surface area contributed by atoms with Gasteiger partial charge in [-0.3, -0.25) is 14.9 Å². The van der Waals surface area contributed by atoms with E-state index in [4.69, 9.17) is 4.74 Å². The lowest BCUT2D eigenvalue weighted by Crippen LogP contribution is -2.57. The van der Waals surface area contributed by atoms with Crippen molar-refractivity contribution in [1.82, 2.24) is 10.6 Å². The first kappa shape index (κ1) is 20.2. The normalized spacial score (nSPS) is 16.8. The van der Waals surface area contributed by atoms with Gasteiger partial charge >= 0.3 is 0 Å². The number of anilines is 1. The first-order valence-electron chi connectivity index (χ1n) is 9.94. The lowest BCUT2D eigenvalue weighted by atomic mass is 10.1. The number of nitrogens with one attached hydrogen (secondary N) is 3. The Morgan fingerprint density at radius 1 is 0.935 bits per heavy atom. The summed E-state index contributed by atoms with van der Waals surface area (Å²) in [4.78, 5) is 29.1. The van der Waals surface area contributed by atoms with Crippen molar-refractivity contribution in [2.75, 3.05) is 5.32 Å². The molecule has 4 rings (SSSR count). The van der Waals surface area contributed by atoms with Crippen LogP contribution in [0.4, 0.5) is 5.69 Å². The number of rotatable bonds is 6. The average molecular weight is 414 g/mol. The standard InChI is InChI=1S/C24H22N4O3/c29-22-15-21(27-24(28-22)25-16-17-7-3-1-4-8-17)23(30)26-18-11-13-20(14-12-18)31-19-9-5-2-6-10-19/h1-14,21H,15-16H2,(H,26,30)(H2,25,27,28,29)/t21-/m1/s1. The molecule has 0 aliphatic carbocycles. The van der Waals surface area contributed by atoms with E-state index in [1.165, 1.54) is 0 Å². The van der Waals surface area contributed by atoms with Gasteiger partial charge in [-0.2, -0.15) is 0 Å². The van der Waals surface area contributed by atoms with Gasteiger partial charge in [0.25, 0.3) is 0 Å². The Bertz CT molecular complexity index is 1070. The second kappa shape index (κ2) is 9.58.